The number of carbonyl (C=O) groups excluding carboxylic acids is 1. The van der Waals surface area contributed by atoms with Crippen molar-refractivity contribution >= 4 is 6.03 Å². The number of hydrogen-bond acceptors (Lipinski definition) is 2. The van der Waals surface area contributed by atoms with Crippen LogP contribution in [0.2, 0.25) is 0 Å². The Morgan fingerprint density at radius 2 is 1.89 bits per heavy atom. The van der Waals surface area contributed by atoms with E-state index in [1.165, 1.54) is 12.8 Å². The van der Waals surface area contributed by atoms with Gasteiger partial charge in [-0.2, -0.15) is 0 Å². The fourth-order valence-electron chi connectivity index (χ4n) is 3.18. The van der Waals surface area contributed by atoms with Crippen LogP contribution in [-0.4, -0.2) is 29.8 Å². The first-order chi connectivity index (χ1) is 8.60. The highest BCUT2D eigenvalue weighted by Crippen LogP contribution is 2.35. The van der Waals surface area contributed by atoms with Crippen molar-refractivity contribution in [1.29, 1.82) is 0 Å². The van der Waals surface area contributed by atoms with Gasteiger partial charge in [-0.25, -0.2) is 4.79 Å². The molecule has 2 rings (SSSR count). The highest BCUT2D eigenvalue weighted by Gasteiger charge is 2.35. The Labute approximate surface area is 110 Å². The molecule has 0 aromatic carbocycles. The van der Waals surface area contributed by atoms with E-state index in [1.807, 2.05) is 0 Å². The first-order valence-corrected chi connectivity index (χ1v) is 7.33. The zero-order chi connectivity index (χ0) is 13.0. The van der Waals surface area contributed by atoms with E-state index in [0.29, 0.717) is 12.6 Å². The molecule has 0 radical (unpaired) electrons. The monoisotopic (exact) mass is 254 g/mol. The average molecular weight is 254 g/mol. The van der Waals surface area contributed by atoms with Gasteiger partial charge in [-0.1, -0.05) is 32.6 Å². The minimum absolute atomic E-state index is 0.0686. The highest BCUT2D eigenvalue weighted by molar-refractivity contribution is 5.74. The lowest BCUT2D eigenvalue weighted by Gasteiger charge is -2.38. The second kappa shape index (κ2) is 5.91. The number of aliphatic hydroxyl groups excluding tert-OH is 1. The van der Waals surface area contributed by atoms with Gasteiger partial charge >= 0.3 is 6.03 Å². The minimum atomic E-state index is -0.280. The average Bonchev–Trinajstić information content (AvgIpc) is 2.84. The summed E-state index contributed by atoms with van der Waals surface area (Å²) in [5, 5.41) is 16.0. The van der Waals surface area contributed by atoms with Crippen LogP contribution in [0.3, 0.4) is 0 Å². The van der Waals surface area contributed by atoms with Crippen LogP contribution in [0.25, 0.3) is 0 Å². The minimum Gasteiger partial charge on any atom is -0.392 e. The molecule has 0 saturated heterocycles. The normalized spacial score (nSPS) is 33.3. The van der Waals surface area contributed by atoms with Crippen LogP contribution in [0.1, 0.15) is 58.3 Å². The maximum absolute atomic E-state index is 11.8. The van der Waals surface area contributed by atoms with Gasteiger partial charge in [-0.05, 0) is 25.7 Å². The van der Waals surface area contributed by atoms with Crippen molar-refractivity contribution in [2.45, 2.75) is 70.4 Å². The molecule has 18 heavy (non-hydrogen) atoms. The molecule has 2 unspecified atom stereocenters. The summed E-state index contributed by atoms with van der Waals surface area (Å²) < 4.78 is 0. The van der Waals surface area contributed by atoms with E-state index >= 15 is 0 Å². The van der Waals surface area contributed by atoms with Gasteiger partial charge < -0.3 is 15.7 Å². The first-order valence-electron chi connectivity index (χ1n) is 7.33. The van der Waals surface area contributed by atoms with E-state index < -0.39 is 0 Å². The molecule has 3 N–H and O–H groups in total. The van der Waals surface area contributed by atoms with Crippen LogP contribution in [-0.2, 0) is 0 Å². The van der Waals surface area contributed by atoms with Gasteiger partial charge in [0.15, 0.2) is 0 Å². The quantitative estimate of drug-likeness (QED) is 0.723. The fraction of sp³-hybridized carbons (Fsp3) is 0.929. The van der Waals surface area contributed by atoms with Crippen LogP contribution in [0.15, 0.2) is 0 Å². The lowest BCUT2D eigenvalue weighted by Crippen LogP contribution is -2.49. The zero-order valence-corrected chi connectivity index (χ0v) is 11.4. The molecule has 2 aliphatic carbocycles. The van der Waals surface area contributed by atoms with Crippen molar-refractivity contribution < 1.29 is 9.90 Å². The standard InChI is InChI=1S/C14H26N2O2/c1-14(9-5-4-8-12(14)17)10-15-13(18)16-11-6-2-3-7-11/h11-12,17H,2-10H2,1H3,(H2,15,16,18). The zero-order valence-electron chi connectivity index (χ0n) is 11.4. The summed E-state index contributed by atoms with van der Waals surface area (Å²) in [7, 11) is 0. The van der Waals surface area contributed by atoms with Crippen LogP contribution < -0.4 is 10.6 Å². The van der Waals surface area contributed by atoms with Crippen molar-refractivity contribution in [2.75, 3.05) is 6.54 Å². The molecule has 0 heterocycles. The topological polar surface area (TPSA) is 61.4 Å². The highest BCUT2D eigenvalue weighted by atomic mass is 16.3. The molecule has 2 amide bonds. The van der Waals surface area contributed by atoms with Crippen molar-refractivity contribution in [1.82, 2.24) is 10.6 Å². The third kappa shape index (κ3) is 3.37. The summed E-state index contributed by atoms with van der Waals surface area (Å²) in [6.45, 7) is 2.65. The molecular formula is C14H26N2O2. The lowest BCUT2D eigenvalue weighted by atomic mass is 9.73. The van der Waals surface area contributed by atoms with Crippen LogP contribution >= 0.6 is 0 Å². The van der Waals surface area contributed by atoms with E-state index in [9.17, 15) is 9.90 Å². The van der Waals surface area contributed by atoms with Crippen LogP contribution in [0.5, 0.6) is 0 Å². The van der Waals surface area contributed by atoms with Crippen molar-refractivity contribution in [3.63, 3.8) is 0 Å². The molecule has 2 fully saturated rings. The van der Waals surface area contributed by atoms with Gasteiger partial charge in [-0.3, -0.25) is 0 Å². The predicted molar refractivity (Wildman–Crippen MR) is 71.4 cm³/mol. The van der Waals surface area contributed by atoms with Crippen LogP contribution in [0.4, 0.5) is 4.79 Å². The number of nitrogens with one attached hydrogen (secondary N) is 2. The Kier molecular flexibility index (Phi) is 4.49. The lowest BCUT2D eigenvalue weighted by molar-refractivity contribution is 0.00305. The molecule has 2 atom stereocenters. The molecule has 0 aromatic rings. The number of carbonyl (C=O) groups is 1. The molecule has 0 spiro atoms. The number of rotatable bonds is 3. The van der Waals surface area contributed by atoms with Gasteiger partial charge in [0.1, 0.15) is 0 Å². The molecule has 0 bridgehead atoms. The Morgan fingerprint density at radius 1 is 1.22 bits per heavy atom. The molecule has 104 valence electrons. The van der Waals surface area contributed by atoms with Crippen molar-refractivity contribution in [3.05, 3.63) is 0 Å². The summed E-state index contributed by atoms with van der Waals surface area (Å²) in [6, 6.07) is 0.287. The number of amides is 2. The van der Waals surface area contributed by atoms with E-state index in [2.05, 4.69) is 17.6 Å². The maximum atomic E-state index is 11.8. The Morgan fingerprint density at radius 3 is 2.56 bits per heavy atom. The van der Waals surface area contributed by atoms with E-state index in [1.54, 1.807) is 0 Å². The number of hydrogen-bond donors (Lipinski definition) is 3. The molecular weight excluding hydrogens is 228 g/mol. The third-order valence-corrected chi connectivity index (χ3v) is 4.62. The predicted octanol–water partition coefficient (Wildman–Crippen LogP) is 2.17. The van der Waals surface area contributed by atoms with Crippen molar-refractivity contribution in [3.8, 4) is 0 Å². The Bertz CT molecular complexity index is 290. The summed E-state index contributed by atoms with van der Waals surface area (Å²) in [5.41, 5.74) is -0.148. The second-order valence-corrected chi connectivity index (χ2v) is 6.22. The molecule has 2 saturated carbocycles. The van der Waals surface area contributed by atoms with Gasteiger partial charge in [0.25, 0.3) is 0 Å². The van der Waals surface area contributed by atoms with E-state index in [0.717, 1.165) is 38.5 Å². The summed E-state index contributed by atoms with van der Waals surface area (Å²) in [6.07, 6.45) is 8.49. The molecule has 2 aliphatic rings. The largest absolute Gasteiger partial charge is 0.392 e. The second-order valence-electron chi connectivity index (χ2n) is 6.22. The SMILES string of the molecule is CC1(CNC(=O)NC2CCCC2)CCCCC1O. The number of urea groups is 1. The fourth-order valence-corrected chi connectivity index (χ4v) is 3.18. The first kappa shape index (κ1) is 13.7. The molecule has 0 aromatic heterocycles. The number of aliphatic hydroxyl groups is 1. The maximum Gasteiger partial charge on any atom is 0.315 e. The van der Waals surface area contributed by atoms with Gasteiger partial charge in [0, 0.05) is 18.0 Å². The molecule has 0 aliphatic heterocycles. The van der Waals surface area contributed by atoms with E-state index in [4.69, 9.17) is 0 Å². The third-order valence-electron chi connectivity index (χ3n) is 4.62. The Balaban J connectivity index is 1.74. The van der Waals surface area contributed by atoms with E-state index in [-0.39, 0.29) is 17.6 Å². The van der Waals surface area contributed by atoms with Gasteiger partial charge in [0.05, 0.1) is 6.10 Å². The van der Waals surface area contributed by atoms with Crippen molar-refractivity contribution in [2.24, 2.45) is 5.41 Å². The summed E-state index contributed by atoms with van der Waals surface area (Å²) in [4.78, 5) is 11.8. The van der Waals surface area contributed by atoms with Gasteiger partial charge in [0.2, 0.25) is 0 Å². The summed E-state index contributed by atoms with van der Waals surface area (Å²) >= 11 is 0. The molecule has 4 nitrogen and oxygen atoms in total. The van der Waals surface area contributed by atoms with Crippen LogP contribution in [0, 0.1) is 5.41 Å². The smallest absolute Gasteiger partial charge is 0.315 e. The van der Waals surface area contributed by atoms with Gasteiger partial charge in [-0.15, -0.1) is 0 Å². The summed E-state index contributed by atoms with van der Waals surface area (Å²) in [5.74, 6) is 0. The Hall–Kier alpha value is -0.770. The molecule has 4 heteroatoms.